The highest BCUT2D eigenvalue weighted by atomic mass is 32.2. The van der Waals surface area contributed by atoms with Crippen LogP contribution < -0.4 is 4.74 Å². The van der Waals surface area contributed by atoms with Gasteiger partial charge in [-0.15, -0.1) is 0 Å². The van der Waals surface area contributed by atoms with Gasteiger partial charge in [0.15, 0.2) is 5.17 Å². The van der Waals surface area contributed by atoms with Gasteiger partial charge in [0.2, 0.25) is 0 Å². The second kappa shape index (κ2) is 11.0. The van der Waals surface area contributed by atoms with Crippen LogP contribution in [0, 0.1) is 21.4 Å². The monoisotopic (exact) mass is 477 g/mol. The summed E-state index contributed by atoms with van der Waals surface area (Å²) in [4.78, 5) is 31.9. The third kappa shape index (κ3) is 6.01. The zero-order valence-corrected chi connectivity index (χ0v) is 19.2. The van der Waals surface area contributed by atoms with E-state index in [0.29, 0.717) is 23.7 Å². The highest BCUT2D eigenvalue weighted by molar-refractivity contribution is 8.18. The summed E-state index contributed by atoms with van der Waals surface area (Å²) < 4.78 is 5.75. The van der Waals surface area contributed by atoms with Crippen LogP contribution in [-0.4, -0.2) is 58.5 Å². The number of rotatable bonds is 7. The number of carbonyl (C=O) groups is 1. The van der Waals surface area contributed by atoms with Crippen molar-refractivity contribution in [1.82, 2.24) is 9.80 Å². The summed E-state index contributed by atoms with van der Waals surface area (Å²) in [5.74, 6) is 0.433. The van der Waals surface area contributed by atoms with Gasteiger partial charge in [-0.1, -0.05) is 12.1 Å². The van der Waals surface area contributed by atoms with Crippen molar-refractivity contribution in [2.24, 2.45) is 4.99 Å². The number of thioether (sulfide) groups is 1. The molecule has 2 aromatic carbocycles. The molecule has 0 aliphatic carbocycles. The highest BCUT2D eigenvalue weighted by Gasteiger charge is 2.28. The second-order valence-corrected chi connectivity index (χ2v) is 8.84. The maximum atomic E-state index is 12.4. The van der Waals surface area contributed by atoms with Crippen molar-refractivity contribution in [1.29, 1.82) is 5.26 Å². The lowest BCUT2D eigenvalue weighted by atomic mass is 10.2. The molecule has 9 nitrogen and oxygen atoms in total. The van der Waals surface area contributed by atoms with E-state index >= 15 is 0 Å². The molecule has 2 aromatic rings. The number of ether oxygens (including phenoxy) is 1. The molecule has 0 aromatic heterocycles. The Labute approximate surface area is 201 Å². The molecule has 0 N–H and O–H groups in total. The molecule has 174 valence electrons. The number of nitro benzene ring substituents is 1. The highest BCUT2D eigenvalue weighted by Crippen LogP contribution is 2.31. The van der Waals surface area contributed by atoms with E-state index in [2.05, 4.69) is 20.9 Å². The van der Waals surface area contributed by atoms with Crippen LogP contribution in [0.15, 0.2) is 58.4 Å². The molecule has 0 bridgehead atoms. The molecule has 4 rings (SSSR count). The van der Waals surface area contributed by atoms with Crippen molar-refractivity contribution in [3.63, 3.8) is 0 Å². The van der Waals surface area contributed by atoms with Crippen molar-refractivity contribution in [3.05, 3.63) is 74.7 Å². The molecule has 1 saturated heterocycles. The zero-order chi connectivity index (χ0) is 23.9. The third-order valence-electron chi connectivity index (χ3n) is 5.52. The van der Waals surface area contributed by atoms with Gasteiger partial charge in [-0.25, -0.2) is 0 Å². The predicted molar refractivity (Wildman–Crippen MR) is 130 cm³/mol. The Balaban J connectivity index is 1.29. The van der Waals surface area contributed by atoms with Crippen LogP contribution >= 0.6 is 11.8 Å². The number of aliphatic imine (C=N–C) groups is 1. The SMILES string of the molecule is N#CCCN1CCN(C2=NC(=O)/C(=C/c3ccc(OCc4ccc([N+](=O)[O-])cc4)cc3)S2)CC1. The topological polar surface area (TPSA) is 112 Å². The largest absolute Gasteiger partial charge is 0.489 e. The molecular weight excluding hydrogens is 454 g/mol. The molecule has 2 aliphatic heterocycles. The van der Waals surface area contributed by atoms with Gasteiger partial charge in [0.1, 0.15) is 12.4 Å². The van der Waals surface area contributed by atoms with Gasteiger partial charge >= 0.3 is 0 Å². The normalized spacial score (nSPS) is 17.5. The molecule has 1 amide bonds. The molecule has 0 atom stereocenters. The summed E-state index contributed by atoms with van der Waals surface area (Å²) in [5.41, 5.74) is 1.75. The minimum atomic E-state index is -0.432. The number of nitro groups is 1. The molecule has 1 fully saturated rings. The number of nitriles is 1. The van der Waals surface area contributed by atoms with Crippen LogP contribution in [0.5, 0.6) is 5.75 Å². The maximum Gasteiger partial charge on any atom is 0.286 e. The lowest BCUT2D eigenvalue weighted by molar-refractivity contribution is -0.384. The third-order valence-corrected chi connectivity index (χ3v) is 6.57. The average Bonchev–Trinajstić information content (AvgIpc) is 3.22. The summed E-state index contributed by atoms with van der Waals surface area (Å²) in [5, 5.41) is 20.2. The minimum Gasteiger partial charge on any atom is -0.489 e. The van der Waals surface area contributed by atoms with E-state index < -0.39 is 4.92 Å². The molecule has 0 spiro atoms. The van der Waals surface area contributed by atoms with E-state index in [4.69, 9.17) is 10.00 Å². The van der Waals surface area contributed by atoms with E-state index in [1.54, 1.807) is 12.1 Å². The number of non-ortho nitro benzene ring substituents is 1. The summed E-state index contributed by atoms with van der Waals surface area (Å²) in [6.45, 7) is 4.37. The fraction of sp³-hybridized carbons (Fsp3) is 0.292. The van der Waals surface area contributed by atoms with Gasteiger partial charge in [-0.2, -0.15) is 10.3 Å². The average molecular weight is 478 g/mol. The Morgan fingerprint density at radius 1 is 1.12 bits per heavy atom. The number of carbonyl (C=O) groups excluding carboxylic acids is 1. The van der Waals surface area contributed by atoms with Crippen molar-refractivity contribution in [3.8, 4) is 11.8 Å². The van der Waals surface area contributed by atoms with Crippen LogP contribution in [0.2, 0.25) is 0 Å². The smallest absolute Gasteiger partial charge is 0.286 e. The first kappa shape index (κ1) is 23.5. The van der Waals surface area contributed by atoms with Gasteiger partial charge in [0, 0.05) is 51.3 Å². The number of benzene rings is 2. The first-order valence-electron chi connectivity index (χ1n) is 10.8. The van der Waals surface area contributed by atoms with E-state index in [9.17, 15) is 14.9 Å². The molecule has 2 aliphatic rings. The summed E-state index contributed by atoms with van der Waals surface area (Å²) in [6.07, 6.45) is 2.36. The molecule has 0 saturated carbocycles. The Hall–Kier alpha value is -3.68. The zero-order valence-electron chi connectivity index (χ0n) is 18.4. The quantitative estimate of drug-likeness (QED) is 0.337. The lowest BCUT2D eigenvalue weighted by Gasteiger charge is -2.34. The van der Waals surface area contributed by atoms with Crippen LogP contribution in [0.3, 0.4) is 0 Å². The molecule has 2 heterocycles. The lowest BCUT2D eigenvalue weighted by Crippen LogP contribution is -2.47. The Kier molecular flexibility index (Phi) is 7.57. The van der Waals surface area contributed by atoms with E-state index in [1.165, 1.54) is 23.9 Å². The summed E-state index contributed by atoms with van der Waals surface area (Å²) >= 11 is 1.39. The predicted octanol–water partition coefficient (Wildman–Crippen LogP) is 3.68. The second-order valence-electron chi connectivity index (χ2n) is 7.83. The molecule has 0 unspecified atom stereocenters. The summed E-state index contributed by atoms with van der Waals surface area (Å²) in [7, 11) is 0. The van der Waals surface area contributed by atoms with Crippen LogP contribution in [0.4, 0.5) is 5.69 Å². The van der Waals surface area contributed by atoms with Crippen molar-refractivity contribution in [2.45, 2.75) is 13.0 Å². The molecule has 34 heavy (non-hydrogen) atoms. The Morgan fingerprint density at radius 2 is 1.82 bits per heavy atom. The van der Waals surface area contributed by atoms with Crippen LogP contribution in [0.1, 0.15) is 17.5 Å². The number of amidine groups is 1. The number of amides is 1. The molecule has 10 heteroatoms. The standard InChI is InChI=1S/C24H23N5O4S/c25-10-1-11-27-12-14-28(15-13-27)24-26-23(30)22(34-24)16-18-4-8-21(9-5-18)33-17-19-2-6-20(7-3-19)29(31)32/h2-9,16H,1,11-15,17H2/b22-16-. The van der Waals surface area contributed by atoms with Crippen molar-refractivity contribution >= 4 is 34.6 Å². The minimum absolute atomic E-state index is 0.0467. The van der Waals surface area contributed by atoms with Gasteiger partial charge in [0.25, 0.3) is 11.6 Å². The first-order chi connectivity index (χ1) is 16.5. The van der Waals surface area contributed by atoms with Crippen LogP contribution in [0.25, 0.3) is 6.08 Å². The number of nitrogens with zero attached hydrogens (tertiary/aromatic N) is 5. The maximum absolute atomic E-state index is 12.4. The molecular formula is C24H23N5O4S. The summed E-state index contributed by atoms with van der Waals surface area (Å²) in [6, 6.07) is 15.8. The van der Waals surface area contributed by atoms with Gasteiger partial charge < -0.3 is 9.64 Å². The number of hydrogen-bond acceptors (Lipinski definition) is 8. The molecule has 0 radical (unpaired) electrons. The van der Waals surface area contributed by atoms with Crippen molar-refractivity contribution in [2.75, 3.05) is 32.7 Å². The Bertz CT molecular complexity index is 1150. The van der Waals surface area contributed by atoms with Crippen molar-refractivity contribution < 1.29 is 14.5 Å². The number of hydrogen-bond donors (Lipinski definition) is 0. The van der Waals surface area contributed by atoms with E-state index in [0.717, 1.165) is 49.0 Å². The first-order valence-corrected chi connectivity index (χ1v) is 11.7. The van der Waals surface area contributed by atoms with Gasteiger partial charge in [-0.3, -0.25) is 19.8 Å². The fourth-order valence-electron chi connectivity index (χ4n) is 3.60. The van der Waals surface area contributed by atoms with Gasteiger partial charge in [-0.05, 0) is 53.2 Å². The Morgan fingerprint density at radius 3 is 2.47 bits per heavy atom. The van der Waals surface area contributed by atoms with E-state index in [-0.39, 0.29) is 11.6 Å². The van der Waals surface area contributed by atoms with E-state index in [1.807, 2.05) is 30.3 Å². The van der Waals surface area contributed by atoms with Gasteiger partial charge in [0.05, 0.1) is 15.9 Å². The fourth-order valence-corrected chi connectivity index (χ4v) is 4.56. The van der Waals surface area contributed by atoms with Crippen LogP contribution in [-0.2, 0) is 11.4 Å². The number of piperazine rings is 1.